The first kappa shape index (κ1) is 12.5. The minimum absolute atomic E-state index is 0.161. The summed E-state index contributed by atoms with van der Waals surface area (Å²) in [6, 6.07) is 0.161. The van der Waals surface area contributed by atoms with Gasteiger partial charge in [-0.1, -0.05) is 24.9 Å². The van der Waals surface area contributed by atoms with Crippen LogP contribution >= 0.6 is 0 Å². The fourth-order valence-electron chi connectivity index (χ4n) is 2.25. The maximum absolute atomic E-state index is 6.08. The van der Waals surface area contributed by atoms with E-state index < -0.39 is 0 Å². The van der Waals surface area contributed by atoms with Gasteiger partial charge in [0.2, 0.25) is 5.89 Å². The van der Waals surface area contributed by atoms with Gasteiger partial charge < -0.3 is 15.0 Å². The summed E-state index contributed by atoms with van der Waals surface area (Å²) in [5.74, 6) is 1.55. The molecule has 5 heteroatoms. The smallest absolute Gasteiger partial charge is 0.231 e. The molecule has 0 aromatic carbocycles. The summed E-state index contributed by atoms with van der Waals surface area (Å²) in [6.45, 7) is 3.23. The summed E-state index contributed by atoms with van der Waals surface area (Å²) in [6.07, 6.45) is 5.51. The molecule has 17 heavy (non-hydrogen) atoms. The number of rotatable bonds is 5. The summed E-state index contributed by atoms with van der Waals surface area (Å²) in [4.78, 5) is 4.37. The Morgan fingerprint density at radius 2 is 2.24 bits per heavy atom. The molecule has 0 amide bonds. The summed E-state index contributed by atoms with van der Waals surface area (Å²) < 4.78 is 10.7. The first-order valence-corrected chi connectivity index (χ1v) is 6.47. The molecule has 1 aromatic heterocycles. The quantitative estimate of drug-likeness (QED) is 0.795. The molecule has 1 aliphatic rings. The number of hydrogen-bond acceptors (Lipinski definition) is 5. The third-order valence-corrected chi connectivity index (χ3v) is 3.20. The van der Waals surface area contributed by atoms with Gasteiger partial charge in [-0.3, -0.25) is 0 Å². The van der Waals surface area contributed by atoms with Crippen molar-refractivity contribution in [3.8, 4) is 0 Å². The van der Waals surface area contributed by atoms with Crippen LogP contribution in [0.5, 0.6) is 0 Å². The van der Waals surface area contributed by atoms with E-state index in [1.807, 2.05) is 0 Å². The lowest BCUT2D eigenvalue weighted by atomic mass is 9.85. The van der Waals surface area contributed by atoms with Crippen molar-refractivity contribution < 1.29 is 9.26 Å². The lowest BCUT2D eigenvalue weighted by molar-refractivity contribution is 0.114. The van der Waals surface area contributed by atoms with E-state index >= 15 is 0 Å². The van der Waals surface area contributed by atoms with Gasteiger partial charge in [0.05, 0.1) is 5.92 Å². The van der Waals surface area contributed by atoms with Crippen molar-refractivity contribution in [2.75, 3.05) is 6.61 Å². The van der Waals surface area contributed by atoms with Gasteiger partial charge in [0.15, 0.2) is 5.82 Å². The molecule has 0 aliphatic heterocycles. The molecule has 0 spiro atoms. The van der Waals surface area contributed by atoms with E-state index in [9.17, 15) is 0 Å². The molecule has 0 saturated heterocycles. The number of nitrogens with zero attached hydrogens (tertiary/aromatic N) is 2. The SMILES string of the molecule is CCCOCc1noc(C2CCCCC2N)n1. The average molecular weight is 239 g/mol. The Bertz CT molecular complexity index is 340. The average Bonchev–Trinajstić information content (AvgIpc) is 2.79. The van der Waals surface area contributed by atoms with E-state index in [-0.39, 0.29) is 12.0 Å². The number of aromatic nitrogens is 2. The molecule has 1 heterocycles. The Labute approximate surface area is 102 Å². The van der Waals surface area contributed by atoms with Crippen molar-refractivity contribution in [3.63, 3.8) is 0 Å². The highest BCUT2D eigenvalue weighted by Crippen LogP contribution is 2.30. The second-order valence-corrected chi connectivity index (χ2v) is 4.66. The van der Waals surface area contributed by atoms with E-state index in [1.165, 1.54) is 12.8 Å². The standard InChI is InChI=1S/C12H21N3O2/c1-2-7-16-8-11-14-12(17-15-11)9-5-3-4-6-10(9)13/h9-10H,2-8,13H2,1H3. The zero-order valence-electron chi connectivity index (χ0n) is 10.4. The Kier molecular flexibility index (Phi) is 4.50. The van der Waals surface area contributed by atoms with Gasteiger partial charge in [-0.2, -0.15) is 4.98 Å². The van der Waals surface area contributed by atoms with Crippen LogP contribution in [0, 0.1) is 0 Å². The normalized spacial score (nSPS) is 25.1. The maximum atomic E-state index is 6.08. The largest absolute Gasteiger partial charge is 0.373 e. The molecular formula is C12H21N3O2. The highest BCUT2D eigenvalue weighted by Gasteiger charge is 2.28. The molecular weight excluding hydrogens is 218 g/mol. The predicted octanol–water partition coefficient (Wildman–Crippen LogP) is 1.98. The predicted molar refractivity (Wildman–Crippen MR) is 63.4 cm³/mol. The van der Waals surface area contributed by atoms with Crippen LogP contribution in [-0.2, 0) is 11.3 Å². The first-order chi connectivity index (χ1) is 8.31. The third kappa shape index (κ3) is 3.26. The van der Waals surface area contributed by atoms with Crippen molar-refractivity contribution in [2.24, 2.45) is 5.73 Å². The van der Waals surface area contributed by atoms with Gasteiger partial charge in [0, 0.05) is 12.6 Å². The van der Waals surface area contributed by atoms with E-state index in [2.05, 4.69) is 17.1 Å². The second-order valence-electron chi connectivity index (χ2n) is 4.66. The van der Waals surface area contributed by atoms with Crippen molar-refractivity contribution in [1.82, 2.24) is 10.1 Å². The number of hydrogen-bond donors (Lipinski definition) is 1. The molecule has 2 atom stereocenters. The molecule has 1 fully saturated rings. The number of ether oxygens (including phenoxy) is 1. The van der Waals surface area contributed by atoms with Gasteiger partial charge >= 0.3 is 0 Å². The zero-order chi connectivity index (χ0) is 12.1. The first-order valence-electron chi connectivity index (χ1n) is 6.47. The second kappa shape index (κ2) is 6.12. The Hall–Kier alpha value is -0.940. The molecule has 1 aromatic rings. The molecule has 2 N–H and O–H groups in total. The van der Waals surface area contributed by atoms with E-state index in [0.717, 1.165) is 25.9 Å². The van der Waals surface area contributed by atoms with Crippen LogP contribution in [0.3, 0.4) is 0 Å². The third-order valence-electron chi connectivity index (χ3n) is 3.20. The molecule has 2 unspecified atom stereocenters. The zero-order valence-corrected chi connectivity index (χ0v) is 10.4. The lowest BCUT2D eigenvalue weighted by Crippen LogP contribution is -2.31. The molecule has 1 saturated carbocycles. The van der Waals surface area contributed by atoms with Crippen LogP contribution in [0.1, 0.15) is 56.7 Å². The Morgan fingerprint density at radius 1 is 1.41 bits per heavy atom. The van der Waals surface area contributed by atoms with Crippen molar-refractivity contribution in [1.29, 1.82) is 0 Å². The van der Waals surface area contributed by atoms with Gasteiger partial charge in [0.1, 0.15) is 6.61 Å². The molecule has 5 nitrogen and oxygen atoms in total. The van der Waals surface area contributed by atoms with Crippen molar-refractivity contribution >= 4 is 0 Å². The molecule has 96 valence electrons. The highest BCUT2D eigenvalue weighted by molar-refractivity contribution is 5.00. The number of nitrogens with two attached hydrogens (primary N) is 1. The highest BCUT2D eigenvalue weighted by atomic mass is 16.5. The summed E-state index contributed by atoms with van der Waals surface area (Å²) >= 11 is 0. The van der Waals surface area contributed by atoms with Crippen LogP contribution in [0.4, 0.5) is 0 Å². The van der Waals surface area contributed by atoms with Crippen molar-refractivity contribution in [3.05, 3.63) is 11.7 Å². The van der Waals surface area contributed by atoms with Crippen LogP contribution in [0.25, 0.3) is 0 Å². The Morgan fingerprint density at radius 3 is 3.00 bits per heavy atom. The van der Waals surface area contributed by atoms with Crippen LogP contribution in [0.15, 0.2) is 4.52 Å². The van der Waals surface area contributed by atoms with E-state index in [4.69, 9.17) is 15.0 Å². The van der Waals surface area contributed by atoms with E-state index in [0.29, 0.717) is 18.3 Å². The van der Waals surface area contributed by atoms with Gasteiger partial charge in [-0.25, -0.2) is 0 Å². The summed E-state index contributed by atoms with van der Waals surface area (Å²) in [5.41, 5.74) is 6.08. The van der Waals surface area contributed by atoms with Gasteiger partial charge in [-0.15, -0.1) is 0 Å². The summed E-state index contributed by atoms with van der Waals surface area (Å²) in [7, 11) is 0. The van der Waals surface area contributed by atoms with Gasteiger partial charge in [-0.05, 0) is 19.3 Å². The van der Waals surface area contributed by atoms with Crippen LogP contribution in [-0.4, -0.2) is 22.8 Å². The topological polar surface area (TPSA) is 74.2 Å². The summed E-state index contributed by atoms with van der Waals surface area (Å²) in [5, 5.41) is 3.93. The molecule has 0 radical (unpaired) electrons. The minimum atomic E-state index is 0.161. The molecule has 0 bridgehead atoms. The Balaban J connectivity index is 1.92. The van der Waals surface area contributed by atoms with Gasteiger partial charge in [0.25, 0.3) is 0 Å². The fourth-order valence-corrected chi connectivity index (χ4v) is 2.25. The maximum Gasteiger partial charge on any atom is 0.231 e. The van der Waals surface area contributed by atoms with Crippen LogP contribution < -0.4 is 5.73 Å². The monoisotopic (exact) mass is 239 g/mol. The minimum Gasteiger partial charge on any atom is -0.373 e. The fraction of sp³-hybridized carbons (Fsp3) is 0.833. The molecule has 1 aliphatic carbocycles. The van der Waals surface area contributed by atoms with Crippen LogP contribution in [0.2, 0.25) is 0 Å². The molecule has 2 rings (SSSR count). The lowest BCUT2D eigenvalue weighted by Gasteiger charge is -2.25. The van der Waals surface area contributed by atoms with Crippen molar-refractivity contribution in [2.45, 2.75) is 57.6 Å². The van der Waals surface area contributed by atoms with E-state index in [1.54, 1.807) is 0 Å².